The van der Waals surface area contributed by atoms with Crippen molar-refractivity contribution in [3.63, 3.8) is 0 Å². The summed E-state index contributed by atoms with van der Waals surface area (Å²) in [5, 5.41) is 3.61. The molecule has 4 aromatic rings. The van der Waals surface area contributed by atoms with Gasteiger partial charge in [0.15, 0.2) is 11.5 Å². The van der Waals surface area contributed by atoms with Gasteiger partial charge in [0.2, 0.25) is 0 Å². The van der Waals surface area contributed by atoms with Crippen LogP contribution in [-0.2, 0) is 6.54 Å². The quantitative estimate of drug-likeness (QED) is 0.291. The standard InChI is InChI=1S/C30H35N7.C2H6/c1-5-8-23(6-2)26-14-15-27-30(34-26)37(29(35-27)25-9-7-16-32-28(25)31)24-12-10-22(11-13-24)19-36-17-20(3)33-21(4)18-36;1-2/h5-16,20-21,33H,17-19H2,1-4H3,(H2,31,32);1-2H3/b8-5-,23-6+;. The molecule has 4 heterocycles. The molecule has 0 bridgehead atoms. The smallest absolute Gasteiger partial charge is 0.165 e. The largest absolute Gasteiger partial charge is 0.383 e. The topological polar surface area (TPSA) is 84.9 Å². The second kappa shape index (κ2) is 12.8. The minimum absolute atomic E-state index is 0.445. The van der Waals surface area contributed by atoms with Gasteiger partial charge in [0, 0.05) is 43.6 Å². The van der Waals surface area contributed by atoms with Crippen molar-refractivity contribution in [3.05, 3.63) is 84.2 Å². The molecule has 0 saturated carbocycles. The Kier molecular flexibility index (Phi) is 9.28. The zero-order valence-corrected chi connectivity index (χ0v) is 24.0. The van der Waals surface area contributed by atoms with Crippen LogP contribution in [0, 0.1) is 0 Å². The van der Waals surface area contributed by atoms with Gasteiger partial charge >= 0.3 is 0 Å². The van der Waals surface area contributed by atoms with Gasteiger partial charge in [-0.2, -0.15) is 0 Å². The van der Waals surface area contributed by atoms with Crippen LogP contribution in [0.15, 0.2) is 73.0 Å². The molecule has 2 atom stereocenters. The normalized spacial score (nSPS) is 18.4. The van der Waals surface area contributed by atoms with Crippen LogP contribution in [0.1, 0.15) is 52.8 Å². The molecule has 0 amide bonds. The first kappa shape index (κ1) is 28.2. The molecule has 1 saturated heterocycles. The number of anilines is 1. The summed E-state index contributed by atoms with van der Waals surface area (Å²) in [4.78, 5) is 16.8. The fourth-order valence-corrected chi connectivity index (χ4v) is 5.24. The fourth-order valence-electron chi connectivity index (χ4n) is 5.24. The van der Waals surface area contributed by atoms with Crippen LogP contribution in [0.3, 0.4) is 0 Å². The average Bonchev–Trinajstić information content (AvgIpc) is 3.31. The molecule has 204 valence electrons. The lowest BCUT2D eigenvalue weighted by Crippen LogP contribution is -2.53. The zero-order valence-electron chi connectivity index (χ0n) is 24.0. The lowest BCUT2D eigenvalue weighted by atomic mass is 10.1. The van der Waals surface area contributed by atoms with Crippen molar-refractivity contribution in [1.29, 1.82) is 0 Å². The van der Waals surface area contributed by atoms with Crippen LogP contribution >= 0.6 is 0 Å². The molecule has 7 nitrogen and oxygen atoms in total. The summed E-state index contributed by atoms with van der Waals surface area (Å²) < 4.78 is 2.09. The van der Waals surface area contributed by atoms with Crippen LogP contribution in [0.25, 0.3) is 33.8 Å². The predicted molar refractivity (Wildman–Crippen MR) is 164 cm³/mol. The van der Waals surface area contributed by atoms with Crippen molar-refractivity contribution in [3.8, 4) is 17.1 Å². The SMILES string of the molecule is C/C=C\C(=C/C)c1ccc2nc(-c3cccnc3N)n(-c3ccc(CN4CC(C)NC(C)C4)cc3)c2n1.CC. The first-order valence-electron chi connectivity index (χ1n) is 13.9. The van der Waals surface area contributed by atoms with Crippen molar-refractivity contribution >= 4 is 22.6 Å². The lowest BCUT2D eigenvalue weighted by Gasteiger charge is -2.36. The number of benzene rings is 1. The third kappa shape index (κ3) is 6.27. The van der Waals surface area contributed by atoms with E-state index in [2.05, 4.69) is 70.0 Å². The number of pyridine rings is 2. The summed E-state index contributed by atoms with van der Waals surface area (Å²) >= 11 is 0. The summed E-state index contributed by atoms with van der Waals surface area (Å²) in [6.45, 7) is 15.6. The molecule has 1 aliphatic heterocycles. The molecule has 1 aromatic carbocycles. The van der Waals surface area contributed by atoms with Gasteiger partial charge in [0.05, 0.1) is 11.3 Å². The van der Waals surface area contributed by atoms with Gasteiger partial charge in [-0.05, 0) is 75.2 Å². The van der Waals surface area contributed by atoms with E-state index in [0.29, 0.717) is 17.9 Å². The Morgan fingerprint density at radius 2 is 1.72 bits per heavy atom. The van der Waals surface area contributed by atoms with E-state index in [1.165, 1.54) is 5.56 Å². The van der Waals surface area contributed by atoms with Crippen molar-refractivity contribution < 1.29 is 0 Å². The van der Waals surface area contributed by atoms with Crippen molar-refractivity contribution in [2.24, 2.45) is 0 Å². The summed E-state index contributed by atoms with van der Waals surface area (Å²) in [5.41, 5.74) is 12.9. The number of nitrogens with zero attached hydrogens (tertiary/aromatic N) is 5. The molecule has 5 rings (SSSR count). The third-order valence-corrected chi connectivity index (χ3v) is 6.77. The maximum absolute atomic E-state index is 6.30. The molecular weight excluding hydrogens is 482 g/mol. The van der Waals surface area contributed by atoms with Crippen LogP contribution in [-0.4, -0.2) is 49.6 Å². The number of allylic oxidation sites excluding steroid dienone is 4. The van der Waals surface area contributed by atoms with Crippen LogP contribution in [0.5, 0.6) is 0 Å². The van der Waals surface area contributed by atoms with Gasteiger partial charge in [-0.3, -0.25) is 9.47 Å². The number of nitrogens with one attached hydrogen (secondary N) is 1. The number of rotatable bonds is 6. The molecule has 3 N–H and O–H groups in total. The fraction of sp³-hybridized carbons (Fsp3) is 0.344. The van der Waals surface area contributed by atoms with E-state index in [1.54, 1.807) is 6.20 Å². The highest BCUT2D eigenvalue weighted by Gasteiger charge is 2.22. The molecular formula is C32H41N7. The van der Waals surface area contributed by atoms with Gasteiger partial charge in [-0.25, -0.2) is 15.0 Å². The Bertz CT molecular complexity index is 1440. The number of hydrogen-bond donors (Lipinski definition) is 2. The van der Waals surface area contributed by atoms with Gasteiger partial charge in [-0.1, -0.05) is 44.2 Å². The number of aromatic nitrogens is 4. The van der Waals surface area contributed by atoms with E-state index in [0.717, 1.165) is 59.1 Å². The van der Waals surface area contributed by atoms with Gasteiger partial charge < -0.3 is 11.1 Å². The molecule has 7 heteroatoms. The molecule has 0 radical (unpaired) electrons. The molecule has 3 aromatic heterocycles. The maximum Gasteiger partial charge on any atom is 0.165 e. The highest BCUT2D eigenvalue weighted by Crippen LogP contribution is 2.31. The first-order valence-corrected chi connectivity index (χ1v) is 13.9. The van der Waals surface area contributed by atoms with Crippen LogP contribution in [0.2, 0.25) is 0 Å². The van der Waals surface area contributed by atoms with Crippen LogP contribution in [0.4, 0.5) is 5.82 Å². The van der Waals surface area contributed by atoms with E-state index in [1.807, 2.05) is 58.0 Å². The highest BCUT2D eigenvalue weighted by molar-refractivity contribution is 5.85. The number of hydrogen-bond acceptors (Lipinski definition) is 6. The second-order valence-corrected chi connectivity index (χ2v) is 9.82. The Morgan fingerprint density at radius 3 is 2.36 bits per heavy atom. The third-order valence-electron chi connectivity index (χ3n) is 6.77. The van der Waals surface area contributed by atoms with Crippen molar-refractivity contribution in [2.75, 3.05) is 18.8 Å². The summed E-state index contributed by atoms with van der Waals surface area (Å²) in [5.74, 6) is 1.18. The average molecular weight is 524 g/mol. The van der Waals surface area contributed by atoms with E-state index in [9.17, 15) is 0 Å². The summed E-state index contributed by atoms with van der Waals surface area (Å²) in [6, 6.07) is 17.6. The van der Waals surface area contributed by atoms with Gasteiger partial charge in [0.25, 0.3) is 0 Å². The van der Waals surface area contributed by atoms with E-state index in [-0.39, 0.29) is 0 Å². The van der Waals surface area contributed by atoms with E-state index < -0.39 is 0 Å². The lowest BCUT2D eigenvalue weighted by molar-refractivity contribution is 0.166. The van der Waals surface area contributed by atoms with E-state index >= 15 is 0 Å². The van der Waals surface area contributed by atoms with Gasteiger partial charge in [0.1, 0.15) is 11.3 Å². The number of fused-ring (bicyclic) bond motifs is 1. The minimum Gasteiger partial charge on any atom is -0.383 e. The number of nitrogens with two attached hydrogens (primary N) is 1. The molecule has 0 aliphatic carbocycles. The predicted octanol–water partition coefficient (Wildman–Crippen LogP) is 6.25. The Balaban J connectivity index is 0.00000172. The summed E-state index contributed by atoms with van der Waals surface area (Å²) in [6.07, 6.45) is 7.87. The second-order valence-electron chi connectivity index (χ2n) is 9.82. The highest BCUT2D eigenvalue weighted by atomic mass is 15.2. The minimum atomic E-state index is 0.445. The maximum atomic E-state index is 6.30. The molecule has 2 unspecified atom stereocenters. The molecule has 1 fully saturated rings. The first-order chi connectivity index (χ1) is 19.0. The van der Waals surface area contributed by atoms with E-state index in [4.69, 9.17) is 15.7 Å². The number of piperazine rings is 1. The Hall–Kier alpha value is -3.81. The Morgan fingerprint density at radius 1 is 1.00 bits per heavy atom. The number of nitrogen functional groups attached to an aromatic ring is 1. The molecule has 1 aliphatic rings. The van der Waals surface area contributed by atoms with Gasteiger partial charge in [-0.15, -0.1) is 0 Å². The van der Waals surface area contributed by atoms with Crippen molar-refractivity contribution in [2.45, 2.75) is 60.2 Å². The Labute approximate surface area is 232 Å². The number of imidazole rings is 1. The van der Waals surface area contributed by atoms with Crippen LogP contribution < -0.4 is 11.1 Å². The summed E-state index contributed by atoms with van der Waals surface area (Å²) in [7, 11) is 0. The zero-order chi connectivity index (χ0) is 27.9. The van der Waals surface area contributed by atoms with Crippen molar-refractivity contribution in [1.82, 2.24) is 29.7 Å². The monoisotopic (exact) mass is 523 g/mol. The molecule has 39 heavy (non-hydrogen) atoms. The molecule has 0 spiro atoms.